The zero-order chi connectivity index (χ0) is 14.7. The van der Waals surface area contributed by atoms with Crippen molar-refractivity contribution in [3.05, 3.63) is 48.8 Å². The van der Waals surface area contributed by atoms with Crippen LogP contribution in [0.2, 0.25) is 0 Å². The molecule has 1 aromatic carbocycles. The van der Waals surface area contributed by atoms with Crippen LogP contribution in [0.25, 0.3) is 0 Å². The maximum absolute atomic E-state index is 12.2. The van der Waals surface area contributed by atoms with Crippen LogP contribution in [0.1, 0.15) is 6.42 Å². The molecule has 106 valence electrons. The minimum absolute atomic E-state index is 0.0460. The number of anilines is 2. The molecule has 1 unspecified atom stereocenters. The van der Waals surface area contributed by atoms with Crippen molar-refractivity contribution in [3.8, 4) is 0 Å². The lowest BCUT2D eigenvalue weighted by Crippen LogP contribution is -2.28. The summed E-state index contributed by atoms with van der Waals surface area (Å²) in [5, 5.41) is 2.64. The summed E-state index contributed by atoms with van der Waals surface area (Å²) in [4.78, 5) is 33.7. The van der Waals surface area contributed by atoms with E-state index in [0.717, 1.165) is 5.69 Å². The Hall–Kier alpha value is -2.76. The van der Waals surface area contributed by atoms with Gasteiger partial charge in [-0.1, -0.05) is 18.2 Å². The van der Waals surface area contributed by atoms with Crippen molar-refractivity contribution in [3.63, 3.8) is 0 Å². The van der Waals surface area contributed by atoms with Gasteiger partial charge in [-0.15, -0.1) is 0 Å². The first-order valence-electron chi connectivity index (χ1n) is 6.67. The fourth-order valence-electron chi connectivity index (χ4n) is 2.32. The number of hydrogen-bond acceptors (Lipinski definition) is 4. The van der Waals surface area contributed by atoms with Crippen molar-refractivity contribution in [2.24, 2.45) is 5.92 Å². The minimum Gasteiger partial charge on any atom is -0.312 e. The molecule has 3 rings (SSSR count). The normalized spacial score (nSPS) is 17.8. The Balaban J connectivity index is 1.68. The average molecular weight is 282 g/mol. The Labute approximate surface area is 121 Å². The second kappa shape index (κ2) is 5.70. The number of carbonyl (C=O) groups excluding carboxylic acids is 2. The number of benzene rings is 1. The summed E-state index contributed by atoms with van der Waals surface area (Å²) >= 11 is 0. The highest BCUT2D eigenvalue weighted by molar-refractivity contribution is 6.03. The van der Waals surface area contributed by atoms with E-state index in [4.69, 9.17) is 0 Å². The van der Waals surface area contributed by atoms with E-state index in [-0.39, 0.29) is 30.1 Å². The van der Waals surface area contributed by atoms with Crippen LogP contribution in [-0.2, 0) is 9.59 Å². The Kier molecular flexibility index (Phi) is 3.59. The van der Waals surface area contributed by atoms with Crippen molar-refractivity contribution in [1.29, 1.82) is 0 Å². The lowest BCUT2D eigenvalue weighted by molar-refractivity contribution is -0.122. The monoisotopic (exact) mass is 282 g/mol. The standard InChI is InChI=1S/C15H14N4O2/c20-13-9-11(10-19(13)12-5-2-1-3-6-12)14(21)18-15-16-7-4-8-17-15/h1-8,11H,9-10H2,(H,16,17,18,21). The summed E-state index contributed by atoms with van der Waals surface area (Å²) in [6.07, 6.45) is 3.31. The third kappa shape index (κ3) is 2.89. The molecule has 0 spiro atoms. The van der Waals surface area contributed by atoms with E-state index in [9.17, 15) is 9.59 Å². The second-order valence-electron chi connectivity index (χ2n) is 4.80. The van der Waals surface area contributed by atoms with Crippen LogP contribution >= 0.6 is 0 Å². The van der Waals surface area contributed by atoms with Crippen molar-refractivity contribution in [1.82, 2.24) is 9.97 Å². The summed E-state index contributed by atoms with van der Waals surface area (Å²) in [5.41, 5.74) is 0.814. The molecule has 0 aliphatic carbocycles. The van der Waals surface area contributed by atoms with E-state index in [1.807, 2.05) is 30.3 Å². The number of amides is 2. The van der Waals surface area contributed by atoms with Gasteiger partial charge in [0.25, 0.3) is 0 Å². The summed E-state index contributed by atoms with van der Waals surface area (Å²) in [6.45, 7) is 0.377. The SMILES string of the molecule is O=C(Nc1ncccn1)C1CC(=O)N(c2ccccc2)C1. The number of hydrogen-bond donors (Lipinski definition) is 1. The molecule has 2 amide bonds. The molecule has 0 bridgehead atoms. The highest BCUT2D eigenvalue weighted by Crippen LogP contribution is 2.25. The maximum atomic E-state index is 12.2. The molecule has 1 aliphatic rings. The van der Waals surface area contributed by atoms with Gasteiger partial charge in [0.15, 0.2) is 0 Å². The van der Waals surface area contributed by atoms with Gasteiger partial charge >= 0.3 is 0 Å². The van der Waals surface area contributed by atoms with E-state index >= 15 is 0 Å². The van der Waals surface area contributed by atoms with Gasteiger partial charge in [0.1, 0.15) is 0 Å². The summed E-state index contributed by atoms with van der Waals surface area (Å²) in [7, 11) is 0. The quantitative estimate of drug-likeness (QED) is 0.925. The number of aromatic nitrogens is 2. The van der Waals surface area contributed by atoms with Gasteiger partial charge in [-0.2, -0.15) is 0 Å². The van der Waals surface area contributed by atoms with Crippen LogP contribution in [-0.4, -0.2) is 28.3 Å². The third-order valence-corrected chi connectivity index (χ3v) is 3.36. The largest absolute Gasteiger partial charge is 0.312 e. The topological polar surface area (TPSA) is 75.2 Å². The van der Waals surface area contributed by atoms with E-state index in [1.54, 1.807) is 23.4 Å². The minimum atomic E-state index is -0.387. The Morgan fingerprint density at radius 1 is 1.14 bits per heavy atom. The first-order chi connectivity index (χ1) is 10.2. The fraction of sp³-hybridized carbons (Fsp3) is 0.200. The molecule has 2 heterocycles. The van der Waals surface area contributed by atoms with Crippen LogP contribution in [0.15, 0.2) is 48.8 Å². The predicted octanol–water partition coefficient (Wildman–Crippen LogP) is 1.47. The molecule has 1 aliphatic heterocycles. The van der Waals surface area contributed by atoms with E-state index < -0.39 is 0 Å². The van der Waals surface area contributed by atoms with Crippen LogP contribution in [0.4, 0.5) is 11.6 Å². The van der Waals surface area contributed by atoms with Crippen LogP contribution in [0, 0.1) is 5.92 Å². The lowest BCUT2D eigenvalue weighted by atomic mass is 10.1. The number of nitrogens with one attached hydrogen (secondary N) is 1. The molecule has 1 aromatic heterocycles. The highest BCUT2D eigenvalue weighted by Gasteiger charge is 2.35. The molecule has 6 heteroatoms. The van der Waals surface area contributed by atoms with Gasteiger partial charge in [-0.05, 0) is 18.2 Å². The van der Waals surface area contributed by atoms with Crippen molar-refractivity contribution >= 4 is 23.5 Å². The van der Waals surface area contributed by atoms with E-state index in [2.05, 4.69) is 15.3 Å². The molecule has 21 heavy (non-hydrogen) atoms. The molecular formula is C15H14N4O2. The maximum Gasteiger partial charge on any atom is 0.232 e. The molecule has 1 N–H and O–H groups in total. The predicted molar refractivity (Wildman–Crippen MR) is 77.6 cm³/mol. The fourth-order valence-corrected chi connectivity index (χ4v) is 2.32. The molecule has 1 atom stereocenters. The van der Waals surface area contributed by atoms with Crippen molar-refractivity contribution < 1.29 is 9.59 Å². The van der Waals surface area contributed by atoms with Crippen molar-refractivity contribution in [2.75, 3.05) is 16.8 Å². The Morgan fingerprint density at radius 3 is 2.57 bits per heavy atom. The van der Waals surface area contributed by atoms with Gasteiger partial charge in [0.2, 0.25) is 17.8 Å². The first kappa shape index (κ1) is 13.2. The van der Waals surface area contributed by atoms with Gasteiger partial charge in [0.05, 0.1) is 5.92 Å². The van der Waals surface area contributed by atoms with E-state index in [0.29, 0.717) is 6.54 Å². The third-order valence-electron chi connectivity index (χ3n) is 3.36. The number of nitrogens with zero attached hydrogens (tertiary/aromatic N) is 3. The van der Waals surface area contributed by atoms with Crippen LogP contribution in [0.5, 0.6) is 0 Å². The molecule has 6 nitrogen and oxygen atoms in total. The zero-order valence-corrected chi connectivity index (χ0v) is 11.3. The summed E-state index contributed by atoms with van der Waals surface area (Å²) in [6, 6.07) is 11.0. The molecule has 1 fully saturated rings. The zero-order valence-electron chi connectivity index (χ0n) is 11.3. The van der Waals surface area contributed by atoms with Gasteiger partial charge in [0, 0.05) is 31.0 Å². The van der Waals surface area contributed by atoms with Crippen LogP contribution < -0.4 is 10.2 Å². The molecule has 2 aromatic rings. The number of rotatable bonds is 3. The smallest absolute Gasteiger partial charge is 0.232 e. The van der Waals surface area contributed by atoms with Gasteiger partial charge in [-0.3, -0.25) is 14.9 Å². The molecule has 0 saturated carbocycles. The summed E-state index contributed by atoms with van der Waals surface area (Å²) in [5.74, 6) is -0.405. The van der Waals surface area contributed by atoms with Gasteiger partial charge in [-0.25, -0.2) is 9.97 Å². The molecular weight excluding hydrogens is 268 g/mol. The first-order valence-corrected chi connectivity index (χ1v) is 6.67. The average Bonchev–Trinajstić information content (AvgIpc) is 2.91. The van der Waals surface area contributed by atoms with Crippen LogP contribution in [0.3, 0.4) is 0 Å². The summed E-state index contributed by atoms with van der Waals surface area (Å²) < 4.78 is 0. The Bertz CT molecular complexity index is 645. The lowest BCUT2D eigenvalue weighted by Gasteiger charge is -2.16. The van der Waals surface area contributed by atoms with E-state index in [1.165, 1.54) is 0 Å². The molecule has 0 radical (unpaired) electrons. The number of para-hydroxylation sites is 1. The number of carbonyl (C=O) groups is 2. The highest BCUT2D eigenvalue weighted by atomic mass is 16.2. The second-order valence-corrected chi connectivity index (χ2v) is 4.80. The van der Waals surface area contributed by atoms with Crippen molar-refractivity contribution in [2.45, 2.75) is 6.42 Å². The molecule has 1 saturated heterocycles. The Morgan fingerprint density at radius 2 is 1.86 bits per heavy atom. The van der Waals surface area contributed by atoms with Gasteiger partial charge < -0.3 is 4.90 Å².